The molecule has 2 aliphatic rings. The molecule has 0 radical (unpaired) electrons. The Balaban J connectivity index is 1.41. The van der Waals surface area contributed by atoms with E-state index in [1.165, 1.54) is 6.07 Å². The summed E-state index contributed by atoms with van der Waals surface area (Å²) in [5.74, 6) is -0.258. The van der Waals surface area contributed by atoms with Crippen molar-refractivity contribution in [1.82, 2.24) is 25.2 Å². The highest BCUT2D eigenvalue weighted by molar-refractivity contribution is 6.35. The lowest BCUT2D eigenvalue weighted by atomic mass is 9.97. The number of benzene rings is 2. The fourth-order valence-corrected chi connectivity index (χ4v) is 5.42. The van der Waals surface area contributed by atoms with Crippen LogP contribution in [0, 0.1) is 5.82 Å². The van der Waals surface area contributed by atoms with Crippen LogP contribution >= 0.6 is 23.2 Å². The third-order valence-corrected chi connectivity index (χ3v) is 7.37. The number of fused-ring (bicyclic) bond motifs is 1. The standard InChI is InChI=1S/C25H26Cl2FN5O/c1-15(19-6-5-18(26)14-20(19)27)33-23-13-17(12-21(28)24(23)30-31-33)16-7-10-32(11-8-16)25(34)22-4-2-3-9-29-22/h5-7,12-15,22,29H,2-4,8-11H2,1H3. The average Bonchev–Trinajstić information content (AvgIpc) is 3.28. The maximum atomic E-state index is 15.0. The summed E-state index contributed by atoms with van der Waals surface area (Å²) in [5.41, 5.74) is 3.44. The van der Waals surface area contributed by atoms with E-state index in [1.807, 2.05) is 30.0 Å². The van der Waals surface area contributed by atoms with Crippen LogP contribution in [0.25, 0.3) is 16.6 Å². The van der Waals surface area contributed by atoms with Gasteiger partial charge in [0.1, 0.15) is 5.52 Å². The van der Waals surface area contributed by atoms with Crippen molar-refractivity contribution in [2.45, 2.75) is 44.7 Å². The van der Waals surface area contributed by atoms with Gasteiger partial charge in [0.15, 0.2) is 5.82 Å². The van der Waals surface area contributed by atoms with Crippen LogP contribution in [0.3, 0.4) is 0 Å². The Morgan fingerprint density at radius 2 is 2.09 bits per heavy atom. The molecule has 2 unspecified atom stereocenters. The summed E-state index contributed by atoms with van der Waals surface area (Å²) < 4.78 is 16.7. The Labute approximate surface area is 207 Å². The second-order valence-electron chi connectivity index (χ2n) is 8.97. The van der Waals surface area contributed by atoms with Crippen molar-refractivity contribution < 1.29 is 9.18 Å². The lowest BCUT2D eigenvalue weighted by Gasteiger charge is -2.32. The molecule has 1 fully saturated rings. The highest BCUT2D eigenvalue weighted by Gasteiger charge is 2.27. The summed E-state index contributed by atoms with van der Waals surface area (Å²) in [6.45, 7) is 3.99. The van der Waals surface area contributed by atoms with E-state index in [9.17, 15) is 4.79 Å². The third kappa shape index (κ3) is 4.44. The van der Waals surface area contributed by atoms with Gasteiger partial charge in [-0.2, -0.15) is 0 Å². The van der Waals surface area contributed by atoms with Crippen LogP contribution in [0.15, 0.2) is 36.4 Å². The number of nitrogens with zero attached hydrogens (tertiary/aromatic N) is 4. The number of nitrogens with one attached hydrogen (secondary N) is 1. The summed E-state index contributed by atoms with van der Waals surface area (Å²) in [6.07, 6.45) is 5.79. The zero-order chi connectivity index (χ0) is 23.8. The Bertz CT molecular complexity index is 1270. The molecule has 1 N–H and O–H groups in total. The first kappa shape index (κ1) is 23.3. The first-order valence-corrected chi connectivity index (χ1v) is 12.4. The van der Waals surface area contributed by atoms with Crippen molar-refractivity contribution in [3.8, 4) is 0 Å². The van der Waals surface area contributed by atoms with Crippen LogP contribution in [-0.4, -0.2) is 51.5 Å². The van der Waals surface area contributed by atoms with Gasteiger partial charge < -0.3 is 10.2 Å². The van der Waals surface area contributed by atoms with Gasteiger partial charge >= 0.3 is 0 Å². The zero-order valence-electron chi connectivity index (χ0n) is 18.9. The average molecular weight is 502 g/mol. The Hall–Kier alpha value is -2.48. The molecule has 2 aromatic carbocycles. The Kier molecular flexibility index (Phi) is 6.60. The highest BCUT2D eigenvalue weighted by atomic mass is 35.5. The van der Waals surface area contributed by atoms with E-state index >= 15 is 4.39 Å². The van der Waals surface area contributed by atoms with E-state index < -0.39 is 5.82 Å². The topological polar surface area (TPSA) is 63.1 Å². The van der Waals surface area contributed by atoms with E-state index in [4.69, 9.17) is 23.2 Å². The van der Waals surface area contributed by atoms with Gasteiger partial charge in [0.2, 0.25) is 5.91 Å². The number of piperidine rings is 1. The Morgan fingerprint density at radius 3 is 2.79 bits per heavy atom. The van der Waals surface area contributed by atoms with E-state index in [1.54, 1.807) is 16.8 Å². The smallest absolute Gasteiger partial charge is 0.239 e. The summed E-state index contributed by atoms with van der Waals surface area (Å²) >= 11 is 12.4. The molecule has 0 aliphatic carbocycles. The molecule has 2 aliphatic heterocycles. The molecule has 0 bridgehead atoms. The number of hydrogen-bond acceptors (Lipinski definition) is 4. The lowest BCUT2D eigenvalue weighted by Crippen LogP contribution is -2.49. The van der Waals surface area contributed by atoms with Crippen LogP contribution in [0.2, 0.25) is 10.0 Å². The minimum absolute atomic E-state index is 0.0842. The molecule has 0 saturated carbocycles. The number of rotatable bonds is 4. The highest BCUT2D eigenvalue weighted by Crippen LogP contribution is 2.32. The quantitative estimate of drug-likeness (QED) is 0.530. The fraction of sp³-hybridized carbons (Fsp3) is 0.400. The first-order valence-electron chi connectivity index (χ1n) is 11.6. The fourth-order valence-electron chi connectivity index (χ4n) is 4.86. The summed E-state index contributed by atoms with van der Waals surface area (Å²) in [5, 5.41) is 12.7. The van der Waals surface area contributed by atoms with E-state index in [0.717, 1.165) is 42.5 Å². The largest absolute Gasteiger partial charge is 0.337 e. The van der Waals surface area contributed by atoms with Gasteiger partial charge in [-0.3, -0.25) is 4.79 Å². The number of amides is 1. The van der Waals surface area contributed by atoms with Gasteiger partial charge in [-0.05, 0) is 73.7 Å². The Morgan fingerprint density at radius 1 is 1.24 bits per heavy atom. The number of carbonyl (C=O) groups excluding carboxylic acids is 1. The van der Waals surface area contributed by atoms with Crippen LogP contribution in [0.5, 0.6) is 0 Å². The molecule has 1 saturated heterocycles. The molecule has 2 atom stereocenters. The molecule has 3 heterocycles. The molecule has 9 heteroatoms. The first-order chi connectivity index (χ1) is 16.4. The van der Waals surface area contributed by atoms with Crippen molar-refractivity contribution in [3.63, 3.8) is 0 Å². The lowest BCUT2D eigenvalue weighted by molar-refractivity contribution is -0.133. The minimum atomic E-state index is -0.418. The van der Waals surface area contributed by atoms with E-state index in [0.29, 0.717) is 35.1 Å². The summed E-state index contributed by atoms with van der Waals surface area (Å²) in [6, 6.07) is 8.38. The molecule has 5 rings (SSSR count). The second kappa shape index (κ2) is 9.64. The SMILES string of the molecule is CC(c1ccc(Cl)cc1Cl)n1nnc2c(F)cc(C3=CCN(C(=O)C4CCCCN4)CC3)cc21. The molecule has 6 nitrogen and oxygen atoms in total. The molecular formula is C25H26Cl2FN5O. The molecule has 1 amide bonds. The third-order valence-electron chi connectivity index (χ3n) is 6.81. The number of aromatic nitrogens is 3. The number of hydrogen-bond donors (Lipinski definition) is 1. The van der Waals surface area contributed by atoms with Crippen molar-refractivity contribution in [3.05, 3.63) is 63.4 Å². The van der Waals surface area contributed by atoms with Crippen LogP contribution < -0.4 is 5.32 Å². The van der Waals surface area contributed by atoms with Crippen LogP contribution in [0.4, 0.5) is 4.39 Å². The minimum Gasteiger partial charge on any atom is -0.337 e. The molecular weight excluding hydrogens is 476 g/mol. The van der Waals surface area contributed by atoms with E-state index in [2.05, 4.69) is 15.6 Å². The normalized spacial score (nSPS) is 19.8. The van der Waals surface area contributed by atoms with Crippen LogP contribution in [0.1, 0.15) is 49.8 Å². The predicted molar refractivity (Wildman–Crippen MR) is 133 cm³/mol. The number of halogens is 3. The van der Waals surface area contributed by atoms with Crippen molar-refractivity contribution in [1.29, 1.82) is 0 Å². The maximum Gasteiger partial charge on any atom is 0.239 e. The van der Waals surface area contributed by atoms with Gasteiger partial charge in [0.25, 0.3) is 0 Å². The van der Waals surface area contributed by atoms with Crippen molar-refractivity contribution >= 4 is 45.7 Å². The molecule has 1 aromatic heterocycles. The van der Waals surface area contributed by atoms with Gasteiger partial charge in [-0.15, -0.1) is 5.10 Å². The second-order valence-corrected chi connectivity index (χ2v) is 9.81. The van der Waals surface area contributed by atoms with Gasteiger partial charge in [0, 0.05) is 23.1 Å². The molecule has 34 heavy (non-hydrogen) atoms. The summed E-state index contributed by atoms with van der Waals surface area (Å²) in [4.78, 5) is 14.7. The summed E-state index contributed by atoms with van der Waals surface area (Å²) in [7, 11) is 0. The van der Waals surface area contributed by atoms with Gasteiger partial charge in [-0.25, -0.2) is 9.07 Å². The van der Waals surface area contributed by atoms with Crippen molar-refractivity contribution in [2.24, 2.45) is 0 Å². The zero-order valence-corrected chi connectivity index (χ0v) is 20.4. The molecule has 0 spiro atoms. The number of carbonyl (C=O) groups is 1. The van der Waals surface area contributed by atoms with Crippen molar-refractivity contribution in [2.75, 3.05) is 19.6 Å². The van der Waals surface area contributed by atoms with Gasteiger partial charge in [-0.1, -0.05) is 47.0 Å². The maximum absolute atomic E-state index is 15.0. The molecule has 3 aromatic rings. The van der Waals surface area contributed by atoms with E-state index in [-0.39, 0.29) is 23.5 Å². The van der Waals surface area contributed by atoms with Crippen LogP contribution in [-0.2, 0) is 4.79 Å². The molecule has 178 valence electrons. The predicted octanol–water partition coefficient (Wildman–Crippen LogP) is 5.24. The monoisotopic (exact) mass is 501 g/mol. The van der Waals surface area contributed by atoms with Gasteiger partial charge in [0.05, 0.1) is 17.6 Å².